The number of rotatable bonds is 4. The van der Waals surface area contributed by atoms with Gasteiger partial charge in [-0.15, -0.1) is 0 Å². The molecule has 200 valence electrons. The molecule has 0 amide bonds. The van der Waals surface area contributed by atoms with Gasteiger partial charge in [-0.05, 0) is 67.7 Å². The van der Waals surface area contributed by atoms with Gasteiger partial charge in [0.05, 0.1) is 22.4 Å². The number of aromatic nitrogens is 1. The van der Waals surface area contributed by atoms with Crippen molar-refractivity contribution in [2.45, 2.75) is 69.4 Å². The minimum absolute atomic E-state index is 0.0171. The van der Waals surface area contributed by atoms with E-state index in [9.17, 15) is 33.0 Å². The lowest BCUT2D eigenvalue weighted by molar-refractivity contribution is -0.179. The van der Waals surface area contributed by atoms with E-state index in [1.54, 1.807) is 12.2 Å². The minimum atomic E-state index is -4.49. The molecule has 1 aromatic heterocycles. The van der Waals surface area contributed by atoms with Gasteiger partial charge >= 0.3 is 6.18 Å². The van der Waals surface area contributed by atoms with Gasteiger partial charge in [0.1, 0.15) is 5.60 Å². The van der Waals surface area contributed by atoms with Crippen molar-refractivity contribution in [3.05, 3.63) is 47.7 Å². The Bertz CT molecular complexity index is 1180. The van der Waals surface area contributed by atoms with Crippen LogP contribution < -0.4 is 0 Å². The third kappa shape index (κ3) is 3.95. The number of aliphatic hydroxyl groups is 2. The first-order valence-corrected chi connectivity index (χ1v) is 13.7. The molecule has 4 aliphatic rings. The molecule has 1 aromatic rings. The van der Waals surface area contributed by atoms with Crippen LogP contribution in [0.3, 0.4) is 0 Å². The van der Waals surface area contributed by atoms with Crippen LogP contribution in [0.5, 0.6) is 0 Å². The molecule has 0 radical (unpaired) electrons. The van der Waals surface area contributed by atoms with Crippen LogP contribution in [-0.4, -0.2) is 44.2 Å². The van der Waals surface area contributed by atoms with E-state index in [0.29, 0.717) is 6.42 Å². The predicted octanol–water partition coefficient (Wildman–Crippen LogP) is 5.02. The van der Waals surface area contributed by atoms with Crippen molar-refractivity contribution in [3.8, 4) is 0 Å². The van der Waals surface area contributed by atoms with Crippen molar-refractivity contribution in [2.24, 2.45) is 34.5 Å². The lowest BCUT2D eigenvalue weighted by Gasteiger charge is -2.59. The van der Waals surface area contributed by atoms with Gasteiger partial charge in [0.15, 0.2) is 11.6 Å². The molecule has 3 fully saturated rings. The zero-order chi connectivity index (χ0) is 27.0. The topological polar surface area (TPSA) is 87.5 Å². The van der Waals surface area contributed by atoms with Gasteiger partial charge in [0.2, 0.25) is 0 Å². The molecule has 1 heterocycles. The van der Waals surface area contributed by atoms with Crippen LogP contribution in [0, 0.1) is 34.5 Å². The van der Waals surface area contributed by atoms with Gasteiger partial charge in [-0.2, -0.15) is 13.2 Å². The molecule has 0 saturated heterocycles. The third-order valence-electron chi connectivity index (χ3n) is 9.92. The summed E-state index contributed by atoms with van der Waals surface area (Å²) in [6.07, 6.45) is 3.13. The number of alkyl halides is 3. The van der Waals surface area contributed by atoms with Crippen LogP contribution in [-0.2, 0) is 15.8 Å². The number of halogens is 3. The summed E-state index contributed by atoms with van der Waals surface area (Å²) in [5.41, 5.74) is -2.76. The molecule has 5 unspecified atom stereocenters. The van der Waals surface area contributed by atoms with Crippen molar-refractivity contribution < 1.29 is 33.0 Å². The summed E-state index contributed by atoms with van der Waals surface area (Å²) in [6.45, 7) is 5.86. The zero-order valence-electron chi connectivity index (χ0n) is 21.1. The van der Waals surface area contributed by atoms with Crippen molar-refractivity contribution in [3.63, 3.8) is 0 Å². The maximum atomic E-state index is 13.6. The summed E-state index contributed by atoms with van der Waals surface area (Å²) < 4.78 is 38.5. The zero-order valence-corrected chi connectivity index (χ0v) is 21.9. The number of ketones is 2. The summed E-state index contributed by atoms with van der Waals surface area (Å²) in [4.78, 5) is 29.5. The molecule has 5 nitrogen and oxygen atoms in total. The van der Waals surface area contributed by atoms with Crippen molar-refractivity contribution >= 4 is 23.3 Å². The molecular weight excluding hydrogens is 503 g/mol. The molecule has 5 rings (SSSR count). The number of aliphatic hydroxyl groups excluding tert-OH is 1. The molecule has 8 atom stereocenters. The smallest absolute Gasteiger partial charge is 0.393 e. The second-order valence-corrected chi connectivity index (χ2v) is 12.7. The van der Waals surface area contributed by atoms with Gasteiger partial charge in [-0.1, -0.05) is 44.2 Å². The highest BCUT2D eigenvalue weighted by Gasteiger charge is 2.70. The van der Waals surface area contributed by atoms with E-state index >= 15 is 0 Å². The fourth-order valence-corrected chi connectivity index (χ4v) is 8.93. The number of hydrogen-bond acceptors (Lipinski definition) is 6. The normalized spacial score (nSPS) is 41.0. The lowest BCUT2D eigenvalue weighted by atomic mass is 9.46. The number of pyridine rings is 1. The molecule has 0 bridgehead atoms. The summed E-state index contributed by atoms with van der Waals surface area (Å²) in [5, 5.41) is 23.8. The number of fused-ring (bicyclic) bond motifs is 5. The molecule has 0 aliphatic heterocycles. The number of thioether (sulfide) groups is 1. The second-order valence-electron chi connectivity index (χ2n) is 11.7. The first-order chi connectivity index (χ1) is 17.2. The molecule has 4 aliphatic carbocycles. The van der Waals surface area contributed by atoms with Crippen LogP contribution in [0.4, 0.5) is 13.2 Å². The largest absolute Gasteiger partial charge is 0.417 e. The molecule has 0 spiro atoms. The monoisotopic (exact) mass is 535 g/mol. The summed E-state index contributed by atoms with van der Waals surface area (Å²) >= 11 is 1.01. The average molecular weight is 536 g/mol. The predicted molar refractivity (Wildman–Crippen MR) is 132 cm³/mol. The van der Waals surface area contributed by atoms with E-state index < -0.39 is 34.3 Å². The van der Waals surface area contributed by atoms with E-state index in [-0.39, 0.29) is 52.4 Å². The standard InChI is InChI=1S/C28H32F3NO4S/c1-15-10-20-19-6-4-16-11-18(33)8-9-25(16,2)24(19)21(34)12-26(20,3)27(15,36)22(35)14-37-23-7-5-17(13-32-23)28(29,30)31/h5,7-9,11,13,15,19-21,24,34,36H,4,6,10,12,14H2,1-3H3/t15-,19?,20?,21+,24?,25?,26?,27+/m1/s1. The van der Waals surface area contributed by atoms with Crippen molar-refractivity contribution in [1.29, 1.82) is 0 Å². The van der Waals surface area contributed by atoms with Gasteiger partial charge in [0, 0.05) is 22.9 Å². The maximum Gasteiger partial charge on any atom is 0.417 e. The Morgan fingerprint density at radius 1 is 1.27 bits per heavy atom. The summed E-state index contributed by atoms with van der Waals surface area (Å²) in [7, 11) is 0. The quantitative estimate of drug-likeness (QED) is 0.527. The number of nitrogens with zero attached hydrogens (tertiary/aromatic N) is 1. The van der Waals surface area contributed by atoms with Crippen LogP contribution in [0.25, 0.3) is 0 Å². The summed E-state index contributed by atoms with van der Waals surface area (Å²) in [6, 6.07) is 2.17. The number of hydrogen-bond donors (Lipinski definition) is 2. The van der Waals surface area contributed by atoms with E-state index in [1.807, 2.05) is 19.9 Å². The Hall–Kier alpha value is -1.97. The van der Waals surface area contributed by atoms with Crippen LogP contribution in [0.15, 0.2) is 47.2 Å². The first-order valence-electron chi connectivity index (χ1n) is 12.8. The van der Waals surface area contributed by atoms with Crippen LogP contribution in [0.2, 0.25) is 0 Å². The maximum absolute atomic E-state index is 13.6. The Morgan fingerprint density at radius 2 is 2.00 bits per heavy atom. The highest BCUT2D eigenvalue weighted by molar-refractivity contribution is 7.99. The number of carbonyl (C=O) groups excluding carboxylic acids is 2. The third-order valence-corrected chi connectivity index (χ3v) is 10.9. The van der Waals surface area contributed by atoms with Crippen molar-refractivity contribution in [1.82, 2.24) is 4.98 Å². The molecule has 2 N–H and O–H groups in total. The van der Waals surface area contributed by atoms with E-state index in [2.05, 4.69) is 11.9 Å². The molecule has 37 heavy (non-hydrogen) atoms. The highest BCUT2D eigenvalue weighted by atomic mass is 32.2. The fourth-order valence-electron chi connectivity index (χ4n) is 8.14. The van der Waals surface area contributed by atoms with Crippen LogP contribution >= 0.6 is 11.8 Å². The Labute approximate surface area is 218 Å². The van der Waals surface area contributed by atoms with E-state index in [4.69, 9.17) is 0 Å². The average Bonchev–Trinajstić information content (AvgIpc) is 3.03. The molecule has 3 saturated carbocycles. The Balaban J connectivity index is 1.38. The van der Waals surface area contributed by atoms with Crippen LogP contribution in [0.1, 0.15) is 52.0 Å². The van der Waals surface area contributed by atoms with Gasteiger partial charge < -0.3 is 10.2 Å². The Morgan fingerprint density at radius 3 is 2.65 bits per heavy atom. The van der Waals surface area contributed by atoms with E-state index in [1.165, 1.54) is 6.07 Å². The molecular formula is C28H32F3NO4S. The number of allylic oxidation sites excluding steroid dienone is 4. The van der Waals surface area contributed by atoms with E-state index in [0.717, 1.165) is 42.4 Å². The SMILES string of the molecule is C[C@@H]1CC2C3CCC4=CC(=O)C=CC4(C)C3[C@@H](O)CC2(C)[C@@]1(O)C(=O)CSc1ccc(C(F)(F)F)cn1. The fraction of sp³-hybridized carbons (Fsp3) is 0.607. The Kier molecular flexibility index (Phi) is 6.32. The minimum Gasteiger partial charge on any atom is -0.393 e. The van der Waals surface area contributed by atoms with Gasteiger partial charge in [-0.25, -0.2) is 4.98 Å². The molecule has 0 aromatic carbocycles. The number of Topliss-reactive ketones (excluding diaryl/α,β-unsaturated/α-hetero) is 1. The van der Waals surface area contributed by atoms with Gasteiger partial charge in [-0.3, -0.25) is 9.59 Å². The second kappa shape index (κ2) is 8.78. The highest BCUT2D eigenvalue weighted by Crippen LogP contribution is 2.68. The lowest BCUT2D eigenvalue weighted by Crippen LogP contribution is -2.62. The van der Waals surface area contributed by atoms with Crippen molar-refractivity contribution in [2.75, 3.05) is 5.75 Å². The number of carbonyl (C=O) groups is 2. The first kappa shape index (κ1) is 26.6. The molecule has 9 heteroatoms. The summed E-state index contributed by atoms with van der Waals surface area (Å²) in [5.74, 6) is -0.878. The van der Waals surface area contributed by atoms with Gasteiger partial charge in [0.25, 0.3) is 0 Å².